The van der Waals surface area contributed by atoms with Crippen LogP contribution in [0.5, 0.6) is 11.5 Å². The van der Waals surface area contributed by atoms with Gasteiger partial charge in [0.25, 0.3) is 0 Å². The average molecular weight is 763 g/mol. The van der Waals surface area contributed by atoms with Crippen molar-refractivity contribution in [2.45, 2.75) is 94.9 Å². The number of carbonyl (C=O) groups is 1. The fraction of sp³-hybridized carbons (Fsp3) is 0.581. The first kappa shape index (κ1) is 40.7. The van der Waals surface area contributed by atoms with Crippen LogP contribution in [-0.2, 0) is 30.4 Å². The summed E-state index contributed by atoms with van der Waals surface area (Å²) in [6, 6.07) is 14.3. The first-order valence-corrected chi connectivity index (χ1v) is 20.0. The van der Waals surface area contributed by atoms with E-state index in [2.05, 4.69) is 12.7 Å². The van der Waals surface area contributed by atoms with Crippen LogP contribution in [0.25, 0.3) is 0 Å². The van der Waals surface area contributed by atoms with Crippen molar-refractivity contribution in [1.29, 1.82) is 0 Å². The molecule has 0 aromatic heterocycles. The van der Waals surface area contributed by atoms with Crippen molar-refractivity contribution in [3.63, 3.8) is 0 Å². The Morgan fingerprint density at radius 3 is 2.60 bits per heavy atom. The van der Waals surface area contributed by atoms with E-state index in [0.29, 0.717) is 37.5 Å². The standard InChI is InChI=1S/C43H58N2O10/c1-3-22-53-43-38(45(2)42(49)52-25-24-50-29-30-13-5-4-6-14-30)28-36(44-55-39-17-9-12-23-51-39)34-26-31(15-7-10-20-46)33(16-8-11-21-47)40(41(34)43)35-27-32(48)18-19-37(35)54-43/h3-6,13-14,18-19,26-27,31,33,38-41,46-48H,1,7-12,15-17,20-25,28-29H2,2H3. The van der Waals surface area contributed by atoms with E-state index in [9.17, 15) is 20.1 Å². The number of phenols is 1. The molecule has 1 amide bonds. The van der Waals surface area contributed by atoms with E-state index in [1.165, 1.54) is 0 Å². The summed E-state index contributed by atoms with van der Waals surface area (Å²) in [6.07, 6.45) is 10.4. The zero-order valence-electron chi connectivity index (χ0n) is 32.1. The molecule has 6 rings (SSSR count). The second-order valence-corrected chi connectivity index (χ2v) is 15.0. The lowest BCUT2D eigenvalue weighted by molar-refractivity contribution is -0.254. The first-order chi connectivity index (χ1) is 26.9. The molecular weight excluding hydrogens is 704 g/mol. The number of oxime groups is 1. The summed E-state index contributed by atoms with van der Waals surface area (Å²) in [5, 5.41) is 35.2. The molecular formula is C43H58N2O10. The number of aliphatic hydroxyl groups excluding tert-OH is 2. The molecule has 2 aliphatic carbocycles. The van der Waals surface area contributed by atoms with Crippen LogP contribution in [0, 0.1) is 17.8 Å². The van der Waals surface area contributed by atoms with Gasteiger partial charge in [-0.25, -0.2) is 4.79 Å². The maximum atomic E-state index is 14.0. The number of allylic oxidation sites excluding steroid dienone is 1. The van der Waals surface area contributed by atoms with Gasteiger partial charge in [-0.3, -0.25) is 0 Å². The molecule has 4 aliphatic rings. The van der Waals surface area contributed by atoms with E-state index in [0.717, 1.165) is 61.6 Å². The van der Waals surface area contributed by atoms with Gasteiger partial charge in [-0.15, -0.1) is 6.58 Å². The Kier molecular flexibility index (Phi) is 14.6. The Bertz CT molecular complexity index is 1610. The summed E-state index contributed by atoms with van der Waals surface area (Å²) in [6.45, 7) is 5.58. The van der Waals surface area contributed by atoms with Gasteiger partial charge < -0.3 is 48.7 Å². The molecule has 2 aliphatic heterocycles. The molecule has 1 saturated heterocycles. The maximum absolute atomic E-state index is 14.0. The number of carbonyl (C=O) groups excluding carboxylic acids is 1. The fourth-order valence-corrected chi connectivity index (χ4v) is 8.84. The van der Waals surface area contributed by atoms with Crippen LogP contribution >= 0.6 is 0 Å². The van der Waals surface area contributed by atoms with Crippen LogP contribution in [0.1, 0.15) is 81.3 Å². The van der Waals surface area contributed by atoms with Crippen LogP contribution in [0.4, 0.5) is 4.79 Å². The molecule has 0 spiro atoms. The number of nitrogens with zero attached hydrogens (tertiary/aromatic N) is 2. The molecule has 2 fully saturated rings. The highest BCUT2D eigenvalue weighted by Gasteiger charge is 2.65. The van der Waals surface area contributed by atoms with Crippen molar-refractivity contribution in [1.82, 2.24) is 4.90 Å². The normalized spacial score (nSPS) is 27.6. The number of rotatable bonds is 19. The van der Waals surface area contributed by atoms with E-state index in [1.807, 2.05) is 30.3 Å². The molecule has 1 saturated carbocycles. The van der Waals surface area contributed by atoms with Crippen molar-refractivity contribution in [2.24, 2.45) is 22.9 Å². The van der Waals surface area contributed by atoms with Gasteiger partial charge in [-0.2, -0.15) is 0 Å². The summed E-state index contributed by atoms with van der Waals surface area (Å²) in [5.41, 5.74) is 3.47. The van der Waals surface area contributed by atoms with Crippen LogP contribution in [0.3, 0.4) is 0 Å². The van der Waals surface area contributed by atoms with Gasteiger partial charge in [0.1, 0.15) is 24.1 Å². The number of ether oxygens (including phenoxy) is 5. The zero-order valence-corrected chi connectivity index (χ0v) is 32.1. The van der Waals surface area contributed by atoms with Crippen molar-refractivity contribution in [3.05, 3.63) is 84.0 Å². The monoisotopic (exact) mass is 762 g/mol. The second-order valence-electron chi connectivity index (χ2n) is 15.0. The van der Waals surface area contributed by atoms with Crippen LogP contribution in [0.15, 0.2) is 78.0 Å². The number of amides is 1. The number of hydrogen-bond donors (Lipinski definition) is 3. The van der Waals surface area contributed by atoms with E-state index >= 15 is 0 Å². The SMILES string of the molecule is C=CCOC12Oc3ccc(O)cc3C3C(CCCCO)C(CCCCO)C=C(C(=NOC4CCCCO4)CC1N(C)C(=O)OCCOCc1ccccc1)C32. The third-order valence-electron chi connectivity index (χ3n) is 11.4. The molecule has 0 radical (unpaired) electrons. The van der Waals surface area contributed by atoms with Crippen molar-refractivity contribution >= 4 is 11.8 Å². The second kappa shape index (κ2) is 19.8. The van der Waals surface area contributed by atoms with Gasteiger partial charge >= 0.3 is 6.09 Å². The first-order valence-electron chi connectivity index (χ1n) is 20.0. The molecule has 7 unspecified atom stereocenters. The van der Waals surface area contributed by atoms with Gasteiger partial charge in [-0.05, 0) is 79.7 Å². The molecule has 2 aromatic rings. The molecule has 7 atom stereocenters. The lowest BCUT2D eigenvalue weighted by Gasteiger charge is -2.59. The Morgan fingerprint density at radius 2 is 1.85 bits per heavy atom. The average Bonchev–Trinajstić information content (AvgIpc) is 3.21. The van der Waals surface area contributed by atoms with E-state index in [1.54, 1.807) is 36.2 Å². The minimum Gasteiger partial charge on any atom is -0.508 e. The number of fused-ring (bicyclic) bond motifs is 2. The predicted molar refractivity (Wildman–Crippen MR) is 207 cm³/mol. The molecule has 2 heterocycles. The fourth-order valence-electron chi connectivity index (χ4n) is 8.84. The molecule has 300 valence electrons. The van der Waals surface area contributed by atoms with Crippen LogP contribution in [-0.4, -0.2) is 96.8 Å². The molecule has 55 heavy (non-hydrogen) atoms. The number of likely N-dealkylation sites (N-methyl/N-ethyl adjacent to an activating group) is 1. The number of benzene rings is 2. The van der Waals surface area contributed by atoms with Gasteiger partial charge in [0.15, 0.2) is 0 Å². The van der Waals surface area contributed by atoms with E-state index in [4.69, 9.17) is 33.7 Å². The smallest absolute Gasteiger partial charge is 0.410 e. The van der Waals surface area contributed by atoms with Crippen molar-refractivity contribution in [2.75, 3.05) is 46.7 Å². The third kappa shape index (κ3) is 9.55. The Hall–Kier alpha value is -3.94. The summed E-state index contributed by atoms with van der Waals surface area (Å²) >= 11 is 0. The van der Waals surface area contributed by atoms with Gasteiger partial charge in [0.05, 0.1) is 38.1 Å². The quantitative estimate of drug-likeness (QED) is 0.0790. The summed E-state index contributed by atoms with van der Waals surface area (Å²) < 4.78 is 31.4. The largest absolute Gasteiger partial charge is 0.508 e. The van der Waals surface area contributed by atoms with Gasteiger partial charge in [0, 0.05) is 44.6 Å². The van der Waals surface area contributed by atoms with Crippen molar-refractivity contribution in [3.8, 4) is 11.5 Å². The molecule has 0 bridgehead atoms. The lowest BCUT2D eigenvalue weighted by atomic mass is 9.55. The maximum Gasteiger partial charge on any atom is 0.410 e. The highest BCUT2D eigenvalue weighted by atomic mass is 16.8. The van der Waals surface area contributed by atoms with Crippen LogP contribution in [0.2, 0.25) is 0 Å². The molecule has 12 nitrogen and oxygen atoms in total. The van der Waals surface area contributed by atoms with Crippen LogP contribution < -0.4 is 4.74 Å². The van der Waals surface area contributed by atoms with Gasteiger partial charge in [0.2, 0.25) is 12.1 Å². The topological polar surface area (TPSA) is 149 Å². The number of aliphatic hydroxyl groups is 2. The number of phenolic OH excluding ortho intramolecular Hbond substituents is 1. The zero-order chi connectivity index (χ0) is 38.6. The number of unbranched alkanes of at least 4 members (excludes halogenated alkanes) is 2. The van der Waals surface area contributed by atoms with E-state index < -0.39 is 30.1 Å². The molecule has 2 aromatic carbocycles. The minimum atomic E-state index is -1.40. The Balaban J connectivity index is 1.40. The summed E-state index contributed by atoms with van der Waals surface area (Å²) in [5.74, 6) is -1.29. The predicted octanol–water partition coefficient (Wildman–Crippen LogP) is 6.84. The minimum absolute atomic E-state index is 0.0505. The third-order valence-corrected chi connectivity index (χ3v) is 11.4. The summed E-state index contributed by atoms with van der Waals surface area (Å²) in [4.78, 5) is 21.7. The van der Waals surface area contributed by atoms with Crippen molar-refractivity contribution < 1.29 is 48.6 Å². The molecule has 3 N–H and O–H groups in total. The highest BCUT2D eigenvalue weighted by molar-refractivity contribution is 6.02. The van der Waals surface area contributed by atoms with E-state index in [-0.39, 0.29) is 63.0 Å². The Morgan fingerprint density at radius 1 is 1.05 bits per heavy atom. The lowest BCUT2D eigenvalue weighted by Crippen LogP contribution is -2.69. The highest BCUT2D eigenvalue weighted by Crippen LogP contribution is 2.61. The molecule has 12 heteroatoms. The number of hydrogen-bond acceptors (Lipinski definition) is 11. The number of aromatic hydroxyl groups is 1. The Labute approximate surface area is 324 Å². The summed E-state index contributed by atoms with van der Waals surface area (Å²) in [7, 11) is 1.69. The van der Waals surface area contributed by atoms with Gasteiger partial charge in [-0.1, -0.05) is 60.5 Å².